The van der Waals surface area contributed by atoms with Gasteiger partial charge in [-0.2, -0.15) is 0 Å². The second kappa shape index (κ2) is 3.75. The summed E-state index contributed by atoms with van der Waals surface area (Å²) in [6.45, 7) is 1.86. The van der Waals surface area contributed by atoms with Crippen LogP contribution in [0, 0.1) is 0 Å². The van der Waals surface area contributed by atoms with E-state index in [0.717, 1.165) is 25.9 Å². The smallest absolute Gasteiger partial charge is 0.358 e. The second-order valence-electron chi connectivity index (χ2n) is 3.39. The molecule has 14 heavy (non-hydrogen) atoms. The Labute approximate surface area is 80.9 Å². The standard InChI is InChI=1S/C8H12N4O2/c13-8(14)7-5-12(11-10-7)6-2-1-3-9-4-6/h5-6,9H,1-4H2,(H,13,14)/t6-/m1/s1. The molecule has 0 amide bonds. The van der Waals surface area contributed by atoms with Gasteiger partial charge in [-0.1, -0.05) is 5.21 Å². The molecule has 0 aliphatic carbocycles. The molecule has 1 aliphatic heterocycles. The average Bonchev–Trinajstić information content (AvgIpc) is 2.68. The maximum absolute atomic E-state index is 10.6. The molecule has 76 valence electrons. The number of hydrogen-bond acceptors (Lipinski definition) is 4. The summed E-state index contributed by atoms with van der Waals surface area (Å²) in [6, 6.07) is 0.240. The van der Waals surface area contributed by atoms with Gasteiger partial charge < -0.3 is 10.4 Å². The quantitative estimate of drug-likeness (QED) is 0.690. The summed E-state index contributed by atoms with van der Waals surface area (Å²) < 4.78 is 1.63. The lowest BCUT2D eigenvalue weighted by Crippen LogP contribution is -2.31. The number of piperidine rings is 1. The molecule has 0 aromatic carbocycles. The number of aromatic nitrogens is 3. The van der Waals surface area contributed by atoms with Crippen molar-refractivity contribution in [1.82, 2.24) is 20.3 Å². The number of carbonyl (C=O) groups is 1. The van der Waals surface area contributed by atoms with E-state index >= 15 is 0 Å². The first-order valence-corrected chi connectivity index (χ1v) is 4.63. The van der Waals surface area contributed by atoms with Gasteiger partial charge in [-0.3, -0.25) is 0 Å². The predicted molar refractivity (Wildman–Crippen MR) is 48.1 cm³/mol. The van der Waals surface area contributed by atoms with Crippen molar-refractivity contribution in [2.75, 3.05) is 13.1 Å². The Morgan fingerprint density at radius 1 is 1.71 bits per heavy atom. The molecule has 0 saturated carbocycles. The molecule has 0 bridgehead atoms. The Hall–Kier alpha value is -1.43. The van der Waals surface area contributed by atoms with E-state index in [1.165, 1.54) is 6.20 Å². The van der Waals surface area contributed by atoms with E-state index in [1.54, 1.807) is 4.68 Å². The van der Waals surface area contributed by atoms with Crippen molar-refractivity contribution in [2.45, 2.75) is 18.9 Å². The highest BCUT2D eigenvalue weighted by molar-refractivity contribution is 5.84. The number of rotatable bonds is 2. The predicted octanol–water partition coefficient (Wildman–Crippen LogP) is -0.0992. The maximum atomic E-state index is 10.6. The molecule has 1 saturated heterocycles. The molecular weight excluding hydrogens is 184 g/mol. The Balaban J connectivity index is 2.11. The zero-order chi connectivity index (χ0) is 9.97. The van der Waals surface area contributed by atoms with Crippen molar-refractivity contribution in [3.05, 3.63) is 11.9 Å². The number of carboxylic acids is 1. The number of hydrogen-bond donors (Lipinski definition) is 2. The Kier molecular flexibility index (Phi) is 2.45. The number of nitrogens with zero attached hydrogens (tertiary/aromatic N) is 3. The summed E-state index contributed by atoms with van der Waals surface area (Å²) in [6.07, 6.45) is 3.60. The van der Waals surface area contributed by atoms with Gasteiger partial charge in [0.1, 0.15) is 0 Å². The van der Waals surface area contributed by atoms with E-state index in [2.05, 4.69) is 15.6 Å². The first-order chi connectivity index (χ1) is 6.77. The molecule has 1 aromatic rings. The van der Waals surface area contributed by atoms with E-state index < -0.39 is 5.97 Å². The summed E-state index contributed by atoms with van der Waals surface area (Å²) in [5.41, 5.74) is 0.00979. The minimum absolute atomic E-state index is 0.00979. The molecule has 6 nitrogen and oxygen atoms in total. The van der Waals surface area contributed by atoms with Crippen molar-refractivity contribution in [3.63, 3.8) is 0 Å². The third-order valence-electron chi connectivity index (χ3n) is 2.37. The van der Waals surface area contributed by atoms with Crippen LogP contribution in [0.1, 0.15) is 29.4 Å². The molecular formula is C8H12N4O2. The van der Waals surface area contributed by atoms with Crippen LogP contribution in [0.15, 0.2) is 6.20 Å². The fourth-order valence-electron chi connectivity index (χ4n) is 1.61. The molecule has 0 radical (unpaired) electrons. The monoisotopic (exact) mass is 196 g/mol. The van der Waals surface area contributed by atoms with Crippen molar-refractivity contribution < 1.29 is 9.90 Å². The maximum Gasteiger partial charge on any atom is 0.358 e. The third kappa shape index (κ3) is 1.74. The van der Waals surface area contributed by atoms with Crippen molar-refractivity contribution in [3.8, 4) is 0 Å². The lowest BCUT2D eigenvalue weighted by Gasteiger charge is -2.22. The van der Waals surface area contributed by atoms with Gasteiger partial charge in [0.2, 0.25) is 0 Å². The normalized spacial score (nSPS) is 22.1. The van der Waals surface area contributed by atoms with E-state index in [-0.39, 0.29) is 11.7 Å². The Bertz CT molecular complexity index is 330. The van der Waals surface area contributed by atoms with Gasteiger partial charge in [0.15, 0.2) is 5.69 Å². The van der Waals surface area contributed by atoms with Gasteiger partial charge in [0.25, 0.3) is 0 Å². The molecule has 2 heterocycles. The van der Waals surface area contributed by atoms with Crippen LogP contribution in [0.4, 0.5) is 0 Å². The van der Waals surface area contributed by atoms with Crippen molar-refractivity contribution in [1.29, 1.82) is 0 Å². The minimum atomic E-state index is -1.03. The van der Waals surface area contributed by atoms with Gasteiger partial charge >= 0.3 is 5.97 Å². The Morgan fingerprint density at radius 2 is 2.57 bits per heavy atom. The van der Waals surface area contributed by atoms with Crippen molar-refractivity contribution >= 4 is 5.97 Å². The van der Waals surface area contributed by atoms with Crippen LogP contribution in [-0.2, 0) is 0 Å². The average molecular weight is 196 g/mol. The van der Waals surface area contributed by atoms with E-state index in [1.807, 2.05) is 0 Å². The highest BCUT2D eigenvalue weighted by Crippen LogP contribution is 2.14. The van der Waals surface area contributed by atoms with Crippen molar-refractivity contribution in [2.24, 2.45) is 0 Å². The largest absolute Gasteiger partial charge is 0.476 e. The lowest BCUT2D eigenvalue weighted by molar-refractivity contribution is 0.0690. The van der Waals surface area contributed by atoms with Crippen LogP contribution in [0.25, 0.3) is 0 Å². The van der Waals surface area contributed by atoms with E-state index in [4.69, 9.17) is 5.11 Å². The SMILES string of the molecule is O=C(O)c1cn([C@@H]2CCCNC2)nn1. The first-order valence-electron chi connectivity index (χ1n) is 4.63. The topological polar surface area (TPSA) is 80.0 Å². The van der Waals surface area contributed by atoms with Gasteiger partial charge in [-0.25, -0.2) is 9.48 Å². The summed E-state index contributed by atoms with van der Waals surface area (Å²) in [5, 5.41) is 19.3. The van der Waals surface area contributed by atoms with Crippen LogP contribution < -0.4 is 5.32 Å². The highest BCUT2D eigenvalue weighted by Gasteiger charge is 2.17. The van der Waals surface area contributed by atoms with E-state index in [9.17, 15) is 4.79 Å². The summed E-state index contributed by atoms with van der Waals surface area (Å²) in [5.74, 6) is -1.03. The molecule has 0 unspecified atom stereocenters. The molecule has 1 fully saturated rings. The third-order valence-corrected chi connectivity index (χ3v) is 2.37. The molecule has 6 heteroatoms. The zero-order valence-electron chi connectivity index (χ0n) is 7.68. The van der Waals surface area contributed by atoms with Crippen LogP contribution >= 0.6 is 0 Å². The first kappa shape index (κ1) is 9.14. The molecule has 2 rings (SSSR count). The molecule has 0 spiro atoms. The fraction of sp³-hybridized carbons (Fsp3) is 0.625. The van der Waals surface area contributed by atoms with Gasteiger partial charge in [-0.05, 0) is 19.4 Å². The van der Waals surface area contributed by atoms with Crippen LogP contribution in [0.2, 0.25) is 0 Å². The van der Waals surface area contributed by atoms with Crippen LogP contribution in [0.5, 0.6) is 0 Å². The molecule has 1 atom stereocenters. The zero-order valence-corrected chi connectivity index (χ0v) is 7.68. The highest BCUT2D eigenvalue weighted by atomic mass is 16.4. The summed E-state index contributed by atoms with van der Waals surface area (Å²) in [7, 11) is 0. The molecule has 2 N–H and O–H groups in total. The summed E-state index contributed by atoms with van der Waals surface area (Å²) in [4.78, 5) is 10.6. The summed E-state index contributed by atoms with van der Waals surface area (Å²) >= 11 is 0. The van der Waals surface area contributed by atoms with Gasteiger partial charge in [0, 0.05) is 6.54 Å². The molecule has 1 aliphatic rings. The van der Waals surface area contributed by atoms with Gasteiger partial charge in [-0.15, -0.1) is 5.10 Å². The van der Waals surface area contributed by atoms with E-state index in [0.29, 0.717) is 0 Å². The molecule has 1 aromatic heterocycles. The number of nitrogens with one attached hydrogen (secondary N) is 1. The van der Waals surface area contributed by atoms with Crippen LogP contribution in [-0.4, -0.2) is 39.2 Å². The minimum Gasteiger partial charge on any atom is -0.476 e. The Morgan fingerprint density at radius 3 is 3.14 bits per heavy atom. The second-order valence-corrected chi connectivity index (χ2v) is 3.39. The van der Waals surface area contributed by atoms with Gasteiger partial charge in [0.05, 0.1) is 12.2 Å². The number of carboxylic acid groups (broad SMARTS) is 1. The number of aromatic carboxylic acids is 1. The lowest BCUT2D eigenvalue weighted by atomic mass is 10.1. The fourth-order valence-corrected chi connectivity index (χ4v) is 1.61. The van der Waals surface area contributed by atoms with Crippen LogP contribution in [0.3, 0.4) is 0 Å².